The lowest BCUT2D eigenvalue weighted by Crippen LogP contribution is -2.41. The number of aromatic carboxylic acids is 1. The van der Waals surface area contributed by atoms with Gasteiger partial charge in [0.25, 0.3) is 0 Å². The lowest BCUT2D eigenvalue weighted by Gasteiger charge is -2.17. The van der Waals surface area contributed by atoms with E-state index in [2.05, 4.69) is 5.32 Å². The molecule has 1 saturated heterocycles. The number of nitrogens with one attached hydrogen (secondary N) is 1. The average Bonchev–Trinajstić information content (AvgIpc) is 3.01. The number of carboxylic acid groups (broad SMARTS) is 1. The lowest BCUT2D eigenvalue weighted by molar-refractivity contribution is -0.126. The van der Waals surface area contributed by atoms with Gasteiger partial charge in [-0.2, -0.15) is 0 Å². The molecule has 2 amide bonds. The van der Waals surface area contributed by atoms with Crippen molar-refractivity contribution < 1.29 is 19.5 Å². The third kappa shape index (κ3) is 4.65. The van der Waals surface area contributed by atoms with Crippen LogP contribution in [0, 0.1) is 0 Å². The Hall–Kier alpha value is -2.86. The van der Waals surface area contributed by atoms with E-state index in [-0.39, 0.29) is 23.8 Å². The predicted octanol–water partition coefficient (Wildman–Crippen LogP) is 2.89. The van der Waals surface area contributed by atoms with E-state index in [1.165, 1.54) is 12.1 Å². The summed E-state index contributed by atoms with van der Waals surface area (Å²) in [5, 5.41) is 12.2. The van der Waals surface area contributed by atoms with Gasteiger partial charge in [-0.1, -0.05) is 29.8 Å². The Kier molecular flexibility index (Phi) is 5.76. The smallest absolute Gasteiger partial charge is 0.335 e. The molecule has 0 aromatic heterocycles. The standard InChI is InChI=1S/C20H19ClN2O4/c21-15-2-1-3-16(12-15)23-11-10-17(19(23)25)22-18(24)9-6-13-4-7-14(8-5-13)20(26)27/h1-5,7-8,12,17H,6,9-11H2,(H,22,24)(H,26,27). The van der Waals surface area contributed by atoms with Gasteiger partial charge < -0.3 is 15.3 Å². The second-order valence-electron chi connectivity index (χ2n) is 6.38. The Morgan fingerprint density at radius 2 is 1.93 bits per heavy atom. The molecule has 1 aliphatic heterocycles. The Bertz CT molecular complexity index is 867. The van der Waals surface area contributed by atoms with Crippen LogP contribution >= 0.6 is 11.6 Å². The molecular weight excluding hydrogens is 368 g/mol. The van der Waals surface area contributed by atoms with E-state index in [0.717, 1.165) is 11.3 Å². The van der Waals surface area contributed by atoms with Crippen LogP contribution in [0.4, 0.5) is 5.69 Å². The fraction of sp³-hybridized carbons (Fsp3) is 0.250. The van der Waals surface area contributed by atoms with E-state index in [1.807, 2.05) is 6.07 Å². The second kappa shape index (κ2) is 8.22. The minimum Gasteiger partial charge on any atom is -0.478 e. The Morgan fingerprint density at radius 3 is 2.59 bits per heavy atom. The summed E-state index contributed by atoms with van der Waals surface area (Å²) in [6.45, 7) is 0.529. The number of hydrogen-bond donors (Lipinski definition) is 2. The molecule has 0 spiro atoms. The number of aryl methyl sites for hydroxylation is 1. The summed E-state index contributed by atoms with van der Waals surface area (Å²) >= 11 is 5.98. The van der Waals surface area contributed by atoms with Gasteiger partial charge in [0, 0.05) is 23.7 Å². The summed E-state index contributed by atoms with van der Waals surface area (Å²) in [7, 11) is 0. The van der Waals surface area contributed by atoms with Crippen LogP contribution in [0.5, 0.6) is 0 Å². The van der Waals surface area contributed by atoms with E-state index >= 15 is 0 Å². The fourth-order valence-electron chi connectivity index (χ4n) is 3.05. The van der Waals surface area contributed by atoms with Crippen LogP contribution in [0.2, 0.25) is 5.02 Å². The number of anilines is 1. The van der Waals surface area contributed by atoms with E-state index in [1.54, 1.807) is 35.2 Å². The van der Waals surface area contributed by atoms with Crippen molar-refractivity contribution in [1.82, 2.24) is 5.32 Å². The SMILES string of the molecule is O=C(CCc1ccc(C(=O)O)cc1)NC1CCN(c2cccc(Cl)c2)C1=O. The number of rotatable bonds is 6. The first-order chi connectivity index (χ1) is 12.9. The first kappa shape index (κ1) is 18.9. The molecule has 0 saturated carbocycles. The van der Waals surface area contributed by atoms with Gasteiger partial charge in [-0.05, 0) is 48.7 Å². The van der Waals surface area contributed by atoms with E-state index in [9.17, 15) is 14.4 Å². The molecule has 7 heteroatoms. The zero-order valence-corrected chi connectivity index (χ0v) is 15.3. The number of halogens is 1. The molecule has 1 heterocycles. The van der Waals surface area contributed by atoms with Crippen molar-refractivity contribution in [2.75, 3.05) is 11.4 Å². The molecule has 2 aromatic rings. The van der Waals surface area contributed by atoms with Gasteiger partial charge in [0.1, 0.15) is 6.04 Å². The quantitative estimate of drug-likeness (QED) is 0.799. The summed E-state index contributed by atoms with van der Waals surface area (Å²) in [4.78, 5) is 37.2. The van der Waals surface area contributed by atoms with Crippen LogP contribution < -0.4 is 10.2 Å². The normalized spacial score (nSPS) is 16.4. The average molecular weight is 387 g/mol. The maximum atomic E-state index is 12.5. The molecule has 140 valence electrons. The molecule has 0 radical (unpaired) electrons. The zero-order chi connectivity index (χ0) is 19.4. The molecule has 1 unspecified atom stereocenters. The number of amides is 2. The summed E-state index contributed by atoms with van der Waals surface area (Å²) in [6, 6.07) is 12.9. The maximum absolute atomic E-state index is 12.5. The van der Waals surface area contributed by atoms with Crippen LogP contribution in [0.15, 0.2) is 48.5 Å². The van der Waals surface area contributed by atoms with Gasteiger partial charge in [0.15, 0.2) is 0 Å². The number of nitrogens with zero attached hydrogens (tertiary/aromatic N) is 1. The molecule has 1 aliphatic rings. The monoisotopic (exact) mass is 386 g/mol. The molecule has 0 bridgehead atoms. The molecular formula is C20H19ClN2O4. The molecule has 2 aromatic carbocycles. The highest BCUT2D eigenvalue weighted by atomic mass is 35.5. The van der Waals surface area contributed by atoms with Gasteiger partial charge in [0.2, 0.25) is 11.8 Å². The largest absolute Gasteiger partial charge is 0.478 e. The fourth-order valence-corrected chi connectivity index (χ4v) is 3.24. The summed E-state index contributed by atoms with van der Waals surface area (Å²) in [5.41, 5.74) is 1.80. The van der Waals surface area contributed by atoms with E-state index in [4.69, 9.17) is 16.7 Å². The Labute approximate surface area is 161 Å². The maximum Gasteiger partial charge on any atom is 0.335 e. The Balaban J connectivity index is 1.52. The van der Waals surface area contributed by atoms with E-state index < -0.39 is 12.0 Å². The molecule has 6 nitrogen and oxygen atoms in total. The highest BCUT2D eigenvalue weighted by Crippen LogP contribution is 2.24. The summed E-state index contributed by atoms with van der Waals surface area (Å²) in [5.74, 6) is -1.33. The highest BCUT2D eigenvalue weighted by molar-refractivity contribution is 6.31. The summed E-state index contributed by atoms with van der Waals surface area (Å²) in [6.07, 6.45) is 1.25. The van der Waals surface area contributed by atoms with Gasteiger partial charge in [0.05, 0.1) is 5.56 Å². The van der Waals surface area contributed by atoms with Crippen LogP contribution in [0.3, 0.4) is 0 Å². The van der Waals surface area contributed by atoms with Crippen molar-refractivity contribution in [2.45, 2.75) is 25.3 Å². The minimum absolute atomic E-state index is 0.142. The first-order valence-electron chi connectivity index (χ1n) is 8.62. The number of carbonyl (C=O) groups excluding carboxylic acids is 2. The van der Waals surface area contributed by atoms with Crippen molar-refractivity contribution in [3.05, 3.63) is 64.7 Å². The molecule has 1 fully saturated rings. The van der Waals surface area contributed by atoms with Crippen LogP contribution in [0.1, 0.15) is 28.8 Å². The van der Waals surface area contributed by atoms with Crippen molar-refractivity contribution in [1.29, 1.82) is 0 Å². The van der Waals surface area contributed by atoms with Crippen LogP contribution in [-0.4, -0.2) is 35.5 Å². The highest BCUT2D eigenvalue weighted by Gasteiger charge is 2.33. The molecule has 27 heavy (non-hydrogen) atoms. The number of carbonyl (C=O) groups is 3. The van der Waals surface area contributed by atoms with Gasteiger partial charge in [-0.25, -0.2) is 4.79 Å². The third-order valence-corrected chi connectivity index (χ3v) is 4.74. The van der Waals surface area contributed by atoms with Crippen molar-refractivity contribution in [3.63, 3.8) is 0 Å². The lowest BCUT2D eigenvalue weighted by atomic mass is 10.1. The zero-order valence-electron chi connectivity index (χ0n) is 14.5. The number of benzene rings is 2. The van der Waals surface area contributed by atoms with Gasteiger partial charge >= 0.3 is 5.97 Å². The van der Waals surface area contributed by atoms with Crippen molar-refractivity contribution >= 4 is 35.1 Å². The first-order valence-corrected chi connectivity index (χ1v) is 9.00. The molecule has 0 aliphatic carbocycles. The molecule has 2 N–H and O–H groups in total. The molecule has 3 rings (SSSR count). The van der Waals surface area contributed by atoms with Gasteiger partial charge in [-0.15, -0.1) is 0 Å². The van der Waals surface area contributed by atoms with Crippen LogP contribution in [-0.2, 0) is 16.0 Å². The second-order valence-corrected chi connectivity index (χ2v) is 6.82. The summed E-state index contributed by atoms with van der Waals surface area (Å²) < 4.78 is 0. The van der Waals surface area contributed by atoms with Gasteiger partial charge in [-0.3, -0.25) is 9.59 Å². The number of hydrogen-bond acceptors (Lipinski definition) is 3. The van der Waals surface area contributed by atoms with Crippen molar-refractivity contribution in [3.8, 4) is 0 Å². The predicted molar refractivity (Wildman–Crippen MR) is 102 cm³/mol. The topological polar surface area (TPSA) is 86.7 Å². The third-order valence-electron chi connectivity index (χ3n) is 4.50. The Morgan fingerprint density at radius 1 is 1.19 bits per heavy atom. The number of carboxylic acids is 1. The van der Waals surface area contributed by atoms with Crippen molar-refractivity contribution in [2.24, 2.45) is 0 Å². The molecule has 1 atom stereocenters. The minimum atomic E-state index is -0.983. The van der Waals surface area contributed by atoms with Crippen LogP contribution in [0.25, 0.3) is 0 Å². The van der Waals surface area contributed by atoms with E-state index in [0.29, 0.717) is 24.4 Å².